The van der Waals surface area contributed by atoms with Crippen molar-refractivity contribution in [2.75, 3.05) is 36.9 Å². The standard InChI is InChI=1S/C17H14N6O4/c18-8-12-15(13(9-19)17(24)21-16(12)20)11-7-10(1-2-14(11)23(25)26)22-3-5-27-6-4-22/h1-2,7H,3-6H2,(H3,20,21,24). The van der Waals surface area contributed by atoms with Crippen LogP contribution in [0.2, 0.25) is 0 Å². The van der Waals surface area contributed by atoms with E-state index in [4.69, 9.17) is 10.5 Å². The highest BCUT2D eigenvalue weighted by molar-refractivity contribution is 5.87. The third kappa shape index (κ3) is 3.17. The minimum absolute atomic E-state index is 0.00473. The highest BCUT2D eigenvalue weighted by Gasteiger charge is 2.26. The van der Waals surface area contributed by atoms with Crippen LogP contribution in [0.5, 0.6) is 0 Å². The molecule has 3 N–H and O–H groups in total. The second-order valence-corrected chi connectivity index (χ2v) is 5.77. The molecule has 2 heterocycles. The van der Waals surface area contributed by atoms with Crippen LogP contribution in [0.1, 0.15) is 11.1 Å². The molecule has 1 aromatic carbocycles. The Morgan fingerprint density at radius 2 is 1.89 bits per heavy atom. The summed E-state index contributed by atoms with van der Waals surface area (Å²) >= 11 is 0. The van der Waals surface area contributed by atoms with E-state index in [1.165, 1.54) is 12.1 Å². The van der Waals surface area contributed by atoms with Crippen LogP contribution in [0.25, 0.3) is 11.1 Å². The summed E-state index contributed by atoms with van der Waals surface area (Å²) in [5.41, 5.74) is 4.51. The van der Waals surface area contributed by atoms with E-state index < -0.39 is 16.0 Å². The number of anilines is 2. The van der Waals surface area contributed by atoms with Gasteiger partial charge in [-0.15, -0.1) is 0 Å². The molecule has 1 aliphatic rings. The number of nitriles is 2. The predicted molar refractivity (Wildman–Crippen MR) is 96.0 cm³/mol. The maximum absolute atomic E-state index is 12.1. The second-order valence-electron chi connectivity index (χ2n) is 5.77. The molecular weight excluding hydrogens is 352 g/mol. The number of ether oxygens (including phenoxy) is 1. The van der Waals surface area contributed by atoms with Gasteiger partial charge in [-0.2, -0.15) is 10.5 Å². The van der Waals surface area contributed by atoms with Crippen molar-refractivity contribution in [1.82, 2.24) is 4.98 Å². The number of nitro groups is 1. The van der Waals surface area contributed by atoms with Crippen LogP contribution in [0.3, 0.4) is 0 Å². The molecule has 0 saturated carbocycles. The van der Waals surface area contributed by atoms with Crippen molar-refractivity contribution in [3.63, 3.8) is 0 Å². The number of rotatable bonds is 3. The lowest BCUT2D eigenvalue weighted by molar-refractivity contribution is -0.384. The van der Waals surface area contributed by atoms with E-state index in [0.29, 0.717) is 32.0 Å². The fraction of sp³-hybridized carbons (Fsp3) is 0.235. The molecule has 10 nitrogen and oxygen atoms in total. The van der Waals surface area contributed by atoms with Gasteiger partial charge < -0.3 is 20.4 Å². The molecular formula is C17H14N6O4. The second kappa shape index (κ2) is 7.15. The number of benzene rings is 1. The zero-order valence-electron chi connectivity index (χ0n) is 14.1. The van der Waals surface area contributed by atoms with Gasteiger partial charge in [0.25, 0.3) is 11.2 Å². The minimum atomic E-state index is -0.810. The van der Waals surface area contributed by atoms with Crippen LogP contribution in [0, 0.1) is 32.8 Å². The molecule has 136 valence electrons. The highest BCUT2D eigenvalue weighted by atomic mass is 16.6. The normalized spacial score (nSPS) is 13.6. The molecule has 0 radical (unpaired) electrons. The molecule has 0 spiro atoms. The van der Waals surface area contributed by atoms with Crippen LogP contribution in [-0.2, 0) is 4.74 Å². The number of nitro benzene ring substituents is 1. The molecule has 10 heteroatoms. The lowest BCUT2D eigenvalue weighted by atomic mass is 9.94. The van der Waals surface area contributed by atoms with Crippen molar-refractivity contribution in [3.05, 3.63) is 49.8 Å². The van der Waals surface area contributed by atoms with Crippen molar-refractivity contribution in [2.24, 2.45) is 0 Å². The molecule has 0 aliphatic carbocycles. The number of pyridine rings is 1. The average molecular weight is 366 g/mol. The molecule has 1 fully saturated rings. The van der Waals surface area contributed by atoms with E-state index in [1.807, 2.05) is 11.0 Å². The Balaban J connectivity index is 2.33. The fourth-order valence-electron chi connectivity index (χ4n) is 3.01. The maximum Gasteiger partial charge on any atom is 0.277 e. The molecule has 1 aliphatic heterocycles. The van der Waals surface area contributed by atoms with Crippen molar-refractivity contribution >= 4 is 17.2 Å². The van der Waals surface area contributed by atoms with Gasteiger partial charge >= 0.3 is 0 Å². The van der Waals surface area contributed by atoms with E-state index in [2.05, 4.69) is 4.98 Å². The van der Waals surface area contributed by atoms with E-state index in [9.17, 15) is 25.4 Å². The zero-order chi connectivity index (χ0) is 19.6. The van der Waals surface area contributed by atoms with Crippen LogP contribution in [0.4, 0.5) is 17.2 Å². The number of hydrogen-bond donors (Lipinski definition) is 2. The number of nitrogens with one attached hydrogen (secondary N) is 1. The third-order valence-corrected chi connectivity index (χ3v) is 4.29. The first-order valence-electron chi connectivity index (χ1n) is 7.95. The highest BCUT2D eigenvalue weighted by Crippen LogP contribution is 2.37. The summed E-state index contributed by atoms with van der Waals surface area (Å²) in [4.78, 5) is 27.2. The number of nitrogen functional groups attached to an aromatic ring is 1. The number of aromatic nitrogens is 1. The SMILES string of the molecule is N#Cc1c(N)[nH]c(=O)c(C#N)c1-c1cc(N2CCOCC2)ccc1[N+](=O)[O-]. The van der Waals surface area contributed by atoms with Gasteiger partial charge in [0.2, 0.25) is 0 Å². The van der Waals surface area contributed by atoms with E-state index in [0.717, 1.165) is 0 Å². The molecule has 0 atom stereocenters. The smallest absolute Gasteiger partial charge is 0.277 e. The topological polar surface area (TPSA) is 162 Å². The maximum atomic E-state index is 12.1. The van der Waals surface area contributed by atoms with Crippen molar-refractivity contribution in [2.45, 2.75) is 0 Å². The lowest BCUT2D eigenvalue weighted by Crippen LogP contribution is -2.36. The molecule has 0 amide bonds. The molecule has 0 bridgehead atoms. The summed E-state index contributed by atoms with van der Waals surface area (Å²) in [5.74, 6) is -0.248. The van der Waals surface area contributed by atoms with Gasteiger partial charge in [0.15, 0.2) is 0 Å². The first-order chi connectivity index (χ1) is 13.0. The van der Waals surface area contributed by atoms with Gasteiger partial charge in [0.05, 0.1) is 23.7 Å². The van der Waals surface area contributed by atoms with Crippen LogP contribution in [-0.4, -0.2) is 36.2 Å². The van der Waals surface area contributed by atoms with Gasteiger partial charge in [0, 0.05) is 30.4 Å². The van der Waals surface area contributed by atoms with E-state index in [-0.39, 0.29) is 28.2 Å². The Morgan fingerprint density at radius 3 is 2.48 bits per heavy atom. The number of hydrogen-bond acceptors (Lipinski definition) is 8. The van der Waals surface area contributed by atoms with Crippen molar-refractivity contribution in [3.8, 4) is 23.3 Å². The Hall–Kier alpha value is -3.89. The summed E-state index contributed by atoms with van der Waals surface area (Å²) in [6, 6.07) is 7.93. The summed E-state index contributed by atoms with van der Waals surface area (Å²) in [7, 11) is 0. The lowest BCUT2D eigenvalue weighted by Gasteiger charge is -2.29. The summed E-state index contributed by atoms with van der Waals surface area (Å²) in [6.45, 7) is 2.20. The predicted octanol–water partition coefficient (Wildman–Crippen LogP) is 1.11. The van der Waals surface area contributed by atoms with Crippen LogP contribution < -0.4 is 16.2 Å². The van der Waals surface area contributed by atoms with E-state index >= 15 is 0 Å². The summed E-state index contributed by atoms with van der Waals surface area (Å²) in [6.07, 6.45) is 0. The molecule has 1 aromatic heterocycles. The number of nitrogens with zero attached hydrogens (tertiary/aromatic N) is 4. The van der Waals surface area contributed by atoms with Crippen molar-refractivity contribution in [1.29, 1.82) is 10.5 Å². The van der Waals surface area contributed by atoms with Gasteiger partial charge in [-0.05, 0) is 12.1 Å². The van der Waals surface area contributed by atoms with Crippen molar-refractivity contribution < 1.29 is 9.66 Å². The number of nitrogens with two attached hydrogens (primary N) is 1. The number of aromatic amines is 1. The van der Waals surface area contributed by atoms with Gasteiger partial charge in [-0.25, -0.2) is 0 Å². The monoisotopic (exact) mass is 366 g/mol. The first-order valence-corrected chi connectivity index (χ1v) is 7.95. The quantitative estimate of drug-likeness (QED) is 0.603. The zero-order valence-corrected chi connectivity index (χ0v) is 14.1. The Labute approximate surface area is 153 Å². The van der Waals surface area contributed by atoms with Gasteiger partial charge in [-0.1, -0.05) is 0 Å². The van der Waals surface area contributed by atoms with Gasteiger partial charge in [-0.3, -0.25) is 14.9 Å². The Bertz CT molecular complexity index is 1060. The number of morpholine rings is 1. The first kappa shape index (κ1) is 17.9. The molecule has 0 unspecified atom stereocenters. The largest absolute Gasteiger partial charge is 0.384 e. The Morgan fingerprint density at radius 1 is 1.22 bits per heavy atom. The molecule has 3 rings (SSSR count). The van der Waals surface area contributed by atoms with E-state index in [1.54, 1.807) is 12.1 Å². The molecule has 1 saturated heterocycles. The minimum Gasteiger partial charge on any atom is -0.384 e. The fourth-order valence-corrected chi connectivity index (χ4v) is 3.01. The number of H-pyrrole nitrogens is 1. The molecule has 27 heavy (non-hydrogen) atoms. The summed E-state index contributed by atoms with van der Waals surface area (Å²) in [5, 5.41) is 30.4. The van der Waals surface area contributed by atoms with Crippen LogP contribution in [0.15, 0.2) is 23.0 Å². The molecule has 2 aromatic rings. The van der Waals surface area contributed by atoms with Gasteiger partial charge in [0.1, 0.15) is 29.1 Å². The summed E-state index contributed by atoms with van der Waals surface area (Å²) < 4.78 is 5.30. The average Bonchev–Trinajstić information content (AvgIpc) is 2.67. The third-order valence-electron chi connectivity index (χ3n) is 4.29. The van der Waals surface area contributed by atoms with Crippen LogP contribution >= 0.6 is 0 Å². The Kier molecular flexibility index (Phi) is 4.75.